The number of hydrogen-bond donors (Lipinski definition) is 1. The van der Waals surface area contributed by atoms with Crippen molar-refractivity contribution in [1.29, 1.82) is 0 Å². The van der Waals surface area contributed by atoms with Gasteiger partial charge in [-0.05, 0) is 12.2 Å². The van der Waals surface area contributed by atoms with E-state index in [0.717, 1.165) is 12.2 Å². The van der Waals surface area contributed by atoms with Gasteiger partial charge in [-0.25, -0.2) is 9.97 Å². The summed E-state index contributed by atoms with van der Waals surface area (Å²) in [6.45, 7) is 5.86. The summed E-state index contributed by atoms with van der Waals surface area (Å²) >= 11 is 13.4. The third-order valence-corrected chi connectivity index (χ3v) is 3.82. The van der Waals surface area contributed by atoms with Gasteiger partial charge in [0, 0.05) is 0 Å². The van der Waals surface area contributed by atoms with E-state index in [0.29, 0.717) is 5.82 Å². The first kappa shape index (κ1) is 13.6. The van der Waals surface area contributed by atoms with Gasteiger partial charge in [0.15, 0.2) is 10.3 Å². The summed E-state index contributed by atoms with van der Waals surface area (Å²) in [5, 5.41) is 0.383. The van der Waals surface area contributed by atoms with E-state index in [4.69, 9.17) is 28.9 Å². The quantitative estimate of drug-likeness (QED) is 0.658. The highest BCUT2D eigenvalue weighted by Crippen LogP contribution is 2.32. The summed E-state index contributed by atoms with van der Waals surface area (Å²) in [6.07, 6.45) is 2.85. The van der Waals surface area contributed by atoms with Gasteiger partial charge in [-0.15, -0.1) is 18.3 Å². The fourth-order valence-electron chi connectivity index (χ4n) is 1.05. The normalized spacial score (nSPS) is 12.4. The molecule has 2 N–H and O–H groups in total. The Kier molecular flexibility index (Phi) is 5.38. The summed E-state index contributed by atoms with van der Waals surface area (Å²) in [7, 11) is 0. The van der Waals surface area contributed by atoms with Crippen molar-refractivity contribution in [1.82, 2.24) is 9.97 Å². The molecule has 0 spiro atoms. The Morgan fingerprint density at radius 3 is 2.44 bits per heavy atom. The maximum Gasteiger partial charge on any atom is 0.157 e. The minimum absolute atomic E-state index is 0.00412. The van der Waals surface area contributed by atoms with Crippen LogP contribution in [0.15, 0.2) is 12.7 Å². The molecule has 1 rings (SSSR count). The number of hydrogen-bond acceptors (Lipinski definition) is 4. The van der Waals surface area contributed by atoms with E-state index in [2.05, 4.69) is 23.5 Å². The summed E-state index contributed by atoms with van der Waals surface area (Å²) < 4.78 is 0. The van der Waals surface area contributed by atoms with Crippen LogP contribution >= 0.6 is 35.0 Å². The van der Waals surface area contributed by atoms with Crippen molar-refractivity contribution in [3.05, 3.63) is 28.8 Å². The summed E-state index contributed by atoms with van der Waals surface area (Å²) in [6, 6.07) is 0. The number of rotatable bonds is 5. The smallest absolute Gasteiger partial charge is 0.157 e. The largest absolute Gasteiger partial charge is 0.394 e. The lowest BCUT2D eigenvalue weighted by Gasteiger charge is -2.11. The van der Waals surface area contributed by atoms with Gasteiger partial charge >= 0.3 is 0 Å². The van der Waals surface area contributed by atoms with E-state index < -0.39 is 0 Å². The molecule has 88 valence electrons. The highest BCUT2D eigenvalue weighted by Gasteiger charge is 2.15. The minimum Gasteiger partial charge on any atom is -0.394 e. The lowest BCUT2D eigenvalue weighted by atomic mass is 10.4. The van der Waals surface area contributed by atoms with Crippen LogP contribution in [0.3, 0.4) is 0 Å². The Morgan fingerprint density at radius 1 is 1.44 bits per heavy atom. The Balaban J connectivity index is 2.97. The molecule has 0 radical (unpaired) electrons. The van der Waals surface area contributed by atoms with E-state index in [-0.39, 0.29) is 21.2 Å². The molecule has 0 fully saturated rings. The van der Waals surface area contributed by atoms with Gasteiger partial charge in [-0.3, -0.25) is 0 Å². The summed E-state index contributed by atoms with van der Waals surface area (Å²) in [5.74, 6) is 1.55. The zero-order chi connectivity index (χ0) is 12.1. The van der Waals surface area contributed by atoms with Crippen molar-refractivity contribution in [2.75, 3.05) is 11.5 Å². The second kappa shape index (κ2) is 6.33. The van der Waals surface area contributed by atoms with Crippen molar-refractivity contribution >= 4 is 40.7 Å². The molecule has 0 aromatic carbocycles. The molecule has 0 saturated carbocycles. The third kappa shape index (κ3) is 3.27. The van der Waals surface area contributed by atoms with Crippen molar-refractivity contribution in [3.63, 3.8) is 0 Å². The molecule has 0 aliphatic carbocycles. The first-order valence-corrected chi connectivity index (χ1v) is 6.63. The fraction of sp³-hybridized carbons (Fsp3) is 0.400. The molecule has 16 heavy (non-hydrogen) atoms. The van der Waals surface area contributed by atoms with Gasteiger partial charge in [0.1, 0.15) is 11.5 Å². The molecule has 0 bridgehead atoms. The summed E-state index contributed by atoms with van der Waals surface area (Å²) in [5.41, 5.74) is 5.79. The zero-order valence-electron chi connectivity index (χ0n) is 8.91. The van der Waals surface area contributed by atoms with Crippen LogP contribution in [0.1, 0.15) is 24.4 Å². The van der Waals surface area contributed by atoms with Crippen LogP contribution in [0.5, 0.6) is 0 Å². The van der Waals surface area contributed by atoms with Crippen LogP contribution in [-0.4, -0.2) is 15.7 Å². The Bertz CT molecular complexity index is 361. The van der Waals surface area contributed by atoms with Crippen molar-refractivity contribution < 1.29 is 0 Å². The van der Waals surface area contributed by atoms with Crippen LogP contribution in [0.25, 0.3) is 0 Å². The number of aromatic nitrogens is 2. The van der Waals surface area contributed by atoms with E-state index >= 15 is 0 Å². The van der Waals surface area contributed by atoms with Crippen LogP contribution in [0, 0.1) is 0 Å². The van der Waals surface area contributed by atoms with E-state index in [9.17, 15) is 0 Å². The van der Waals surface area contributed by atoms with Gasteiger partial charge in [-0.2, -0.15) is 0 Å². The number of halogens is 2. The highest BCUT2D eigenvalue weighted by molar-refractivity contribution is 7.99. The molecule has 1 atom stereocenters. The Morgan fingerprint density at radius 2 is 2.00 bits per heavy atom. The average molecular weight is 278 g/mol. The maximum atomic E-state index is 5.85. The maximum absolute atomic E-state index is 5.85. The van der Waals surface area contributed by atoms with Crippen molar-refractivity contribution in [2.45, 2.75) is 18.6 Å². The standard InChI is InChI=1S/C10H13Cl2N3S/c1-3-5-16-6(4-2)10-14-8(11)7(13)9(12)15-10/h4,6H,2-3,5,13H2,1H3. The second-order valence-electron chi connectivity index (χ2n) is 3.10. The van der Waals surface area contributed by atoms with Gasteiger partial charge in [0.25, 0.3) is 0 Å². The molecule has 1 heterocycles. The monoisotopic (exact) mass is 277 g/mol. The topological polar surface area (TPSA) is 51.8 Å². The van der Waals surface area contributed by atoms with Crippen molar-refractivity contribution in [2.24, 2.45) is 0 Å². The van der Waals surface area contributed by atoms with E-state index in [1.165, 1.54) is 0 Å². The molecule has 0 saturated heterocycles. The van der Waals surface area contributed by atoms with Crippen molar-refractivity contribution in [3.8, 4) is 0 Å². The Labute approximate surface area is 109 Å². The molecule has 6 heteroatoms. The highest BCUT2D eigenvalue weighted by atomic mass is 35.5. The number of anilines is 1. The first-order chi connectivity index (χ1) is 7.60. The van der Waals surface area contributed by atoms with E-state index in [1.54, 1.807) is 17.8 Å². The van der Waals surface area contributed by atoms with Crippen LogP contribution in [-0.2, 0) is 0 Å². The van der Waals surface area contributed by atoms with Gasteiger partial charge in [-0.1, -0.05) is 36.2 Å². The lowest BCUT2D eigenvalue weighted by Crippen LogP contribution is -2.03. The van der Waals surface area contributed by atoms with Gasteiger partial charge < -0.3 is 5.73 Å². The average Bonchev–Trinajstić information content (AvgIpc) is 2.26. The molecule has 1 aromatic rings. The lowest BCUT2D eigenvalue weighted by molar-refractivity contribution is 0.972. The van der Waals surface area contributed by atoms with Crippen LogP contribution in [0.4, 0.5) is 5.69 Å². The predicted molar refractivity (Wildman–Crippen MR) is 72.2 cm³/mol. The predicted octanol–water partition coefficient (Wildman–Crippen LogP) is 3.74. The molecule has 3 nitrogen and oxygen atoms in total. The molecular weight excluding hydrogens is 265 g/mol. The van der Waals surface area contributed by atoms with Gasteiger partial charge in [0.05, 0.1) is 5.25 Å². The van der Waals surface area contributed by atoms with Crippen LogP contribution < -0.4 is 5.73 Å². The molecule has 0 amide bonds. The SMILES string of the molecule is C=CC(SCCC)c1nc(Cl)c(N)c(Cl)n1. The minimum atomic E-state index is -0.00412. The molecule has 1 aromatic heterocycles. The number of nitrogens with two attached hydrogens (primary N) is 1. The fourth-order valence-corrected chi connectivity index (χ4v) is 2.33. The molecule has 1 unspecified atom stereocenters. The number of nitrogen functional groups attached to an aromatic ring is 1. The first-order valence-electron chi connectivity index (χ1n) is 4.82. The molecular formula is C10H13Cl2N3S. The van der Waals surface area contributed by atoms with Crippen LogP contribution in [0.2, 0.25) is 10.3 Å². The summed E-state index contributed by atoms with van der Waals surface area (Å²) in [4.78, 5) is 8.22. The van der Waals surface area contributed by atoms with E-state index in [1.807, 2.05) is 0 Å². The zero-order valence-corrected chi connectivity index (χ0v) is 11.2. The molecule has 0 aliphatic rings. The van der Waals surface area contributed by atoms with Gasteiger partial charge in [0.2, 0.25) is 0 Å². The molecule has 0 aliphatic heterocycles. The third-order valence-electron chi connectivity index (χ3n) is 1.84. The Hall–Kier alpha value is -0.450. The number of nitrogens with zero attached hydrogens (tertiary/aromatic N) is 2. The number of thioether (sulfide) groups is 1. The second-order valence-corrected chi connectivity index (χ2v) is 5.07.